The maximum atomic E-state index is 11.1. The lowest BCUT2D eigenvalue weighted by atomic mass is 10.2. The van der Waals surface area contributed by atoms with Gasteiger partial charge in [-0.2, -0.15) is 0 Å². The van der Waals surface area contributed by atoms with Crippen LogP contribution in [0.4, 0.5) is 0 Å². The zero-order valence-electron chi connectivity index (χ0n) is 9.19. The van der Waals surface area contributed by atoms with Crippen molar-refractivity contribution in [2.75, 3.05) is 6.61 Å². The minimum absolute atomic E-state index is 0.194. The third-order valence-corrected chi connectivity index (χ3v) is 1.51. The minimum atomic E-state index is -1.33. The van der Waals surface area contributed by atoms with Crippen molar-refractivity contribution in [3.63, 3.8) is 0 Å². The van der Waals surface area contributed by atoms with Crippen LogP contribution in [0.5, 0.6) is 0 Å². The molecule has 2 atom stereocenters. The van der Waals surface area contributed by atoms with Crippen molar-refractivity contribution in [1.82, 2.24) is 5.32 Å². The SMILES string of the molecule is CC(C)COC(NC(=O)[C@H](C)N)C(=O)O. The quantitative estimate of drug-likeness (QED) is 0.523. The standard InChI is InChI=1S/C9H18N2O4/c1-5(2)4-15-8(9(13)14)11-7(12)6(3)10/h5-6,8H,4,10H2,1-3H3,(H,11,12)(H,13,14)/t6-,8?/m0/s1. The predicted molar refractivity (Wildman–Crippen MR) is 54.0 cm³/mol. The predicted octanol–water partition coefficient (Wildman–Crippen LogP) is -0.467. The third-order valence-electron chi connectivity index (χ3n) is 1.51. The fraction of sp³-hybridized carbons (Fsp3) is 0.778. The second kappa shape index (κ2) is 6.36. The van der Waals surface area contributed by atoms with Gasteiger partial charge in [0.2, 0.25) is 12.1 Å². The van der Waals surface area contributed by atoms with Crippen LogP contribution < -0.4 is 11.1 Å². The summed E-state index contributed by atoms with van der Waals surface area (Å²) in [4.78, 5) is 21.8. The largest absolute Gasteiger partial charge is 0.478 e. The van der Waals surface area contributed by atoms with Gasteiger partial charge in [0.25, 0.3) is 0 Å². The van der Waals surface area contributed by atoms with Crippen LogP contribution in [0.25, 0.3) is 0 Å². The van der Waals surface area contributed by atoms with Gasteiger partial charge in [0.1, 0.15) is 0 Å². The van der Waals surface area contributed by atoms with Crippen LogP contribution in [-0.4, -0.2) is 35.9 Å². The van der Waals surface area contributed by atoms with Crippen molar-refractivity contribution >= 4 is 11.9 Å². The number of hydrogen-bond acceptors (Lipinski definition) is 4. The molecule has 0 rings (SSSR count). The van der Waals surface area contributed by atoms with Gasteiger partial charge >= 0.3 is 5.97 Å². The topological polar surface area (TPSA) is 102 Å². The Morgan fingerprint density at radius 2 is 1.93 bits per heavy atom. The second-order valence-corrected chi connectivity index (χ2v) is 3.74. The minimum Gasteiger partial charge on any atom is -0.478 e. The molecule has 4 N–H and O–H groups in total. The van der Waals surface area contributed by atoms with Crippen LogP contribution in [0.1, 0.15) is 20.8 Å². The summed E-state index contributed by atoms with van der Waals surface area (Å²) in [7, 11) is 0. The van der Waals surface area contributed by atoms with Crippen LogP contribution in [0.2, 0.25) is 0 Å². The van der Waals surface area contributed by atoms with Gasteiger partial charge in [-0.1, -0.05) is 13.8 Å². The van der Waals surface area contributed by atoms with E-state index in [1.165, 1.54) is 6.92 Å². The summed E-state index contributed by atoms with van der Waals surface area (Å²) in [5.41, 5.74) is 5.28. The Morgan fingerprint density at radius 3 is 2.27 bits per heavy atom. The number of aliphatic carboxylic acids is 1. The van der Waals surface area contributed by atoms with Crippen molar-refractivity contribution < 1.29 is 19.4 Å². The van der Waals surface area contributed by atoms with Crippen molar-refractivity contribution in [1.29, 1.82) is 0 Å². The fourth-order valence-electron chi connectivity index (χ4n) is 0.724. The Hall–Kier alpha value is -1.14. The highest BCUT2D eigenvalue weighted by Gasteiger charge is 2.22. The molecule has 1 unspecified atom stereocenters. The van der Waals surface area contributed by atoms with Gasteiger partial charge in [0.05, 0.1) is 12.6 Å². The summed E-state index contributed by atoms with van der Waals surface area (Å²) in [5, 5.41) is 10.9. The van der Waals surface area contributed by atoms with Gasteiger partial charge in [-0.15, -0.1) is 0 Å². The van der Waals surface area contributed by atoms with Crippen LogP contribution in [0.3, 0.4) is 0 Å². The molecule has 0 bridgehead atoms. The fourth-order valence-corrected chi connectivity index (χ4v) is 0.724. The molecule has 0 saturated carbocycles. The van der Waals surface area contributed by atoms with Gasteiger partial charge in [0.15, 0.2) is 0 Å². The maximum absolute atomic E-state index is 11.1. The smallest absolute Gasteiger partial charge is 0.354 e. The van der Waals surface area contributed by atoms with E-state index < -0.39 is 24.1 Å². The molecule has 0 spiro atoms. The van der Waals surface area contributed by atoms with E-state index in [1.807, 2.05) is 13.8 Å². The van der Waals surface area contributed by atoms with Gasteiger partial charge in [-0.05, 0) is 12.8 Å². The molecular weight excluding hydrogens is 200 g/mol. The number of rotatable bonds is 6. The van der Waals surface area contributed by atoms with Gasteiger partial charge in [-0.3, -0.25) is 4.79 Å². The highest BCUT2D eigenvalue weighted by Crippen LogP contribution is 1.97. The average molecular weight is 218 g/mol. The number of nitrogens with two attached hydrogens (primary N) is 1. The lowest BCUT2D eigenvalue weighted by molar-refractivity contribution is -0.156. The Labute approximate surface area is 88.8 Å². The summed E-state index contributed by atoms with van der Waals surface area (Å²) in [6, 6.07) is -0.755. The van der Waals surface area contributed by atoms with E-state index in [4.69, 9.17) is 15.6 Å². The molecule has 0 aromatic carbocycles. The Kier molecular flexibility index (Phi) is 5.88. The molecular formula is C9H18N2O4. The highest BCUT2D eigenvalue weighted by molar-refractivity contribution is 5.85. The van der Waals surface area contributed by atoms with Crippen LogP contribution >= 0.6 is 0 Å². The van der Waals surface area contributed by atoms with Crippen molar-refractivity contribution in [3.05, 3.63) is 0 Å². The van der Waals surface area contributed by atoms with E-state index in [2.05, 4.69) is 5.32 Å². The molecule has 0 aliphatic rings. The molecule has 0 radical (unpaired) electrons. The number of carboxylic acids is 1. The van der Waals surface area contributed by atoms with Gasteiger partial charge < -0.3 is 20.9 Å². The van der Waals surface area contributed by atoms with Gasteiger partial charge in [0, 0.05) is 0 Å². The first-order valence-electron chi connectivity index (χ1n) is 4.75. The molecule has 0 heterocycles. The Morgan fingerprint density at radius 1 is 1.40 bits per heavy atom. The monoisotopic (exact) mass is 218 g/mol. The number of hydrogen-bond donors (Lipinski definition) is 3. The highest BCUT2D eigenvalue weighted by atomic mass is 16.5. The zero-order valence-corrected chi connectivity index (χ0v) is 9.19. The molecule has 0 aromatic heterocycles. The maximum Gasteiger partial charge on any atom is 0.354 e. The molecule has 6 heteroatoms. The molecule has 1 amide bonds. The summed E-state index contributed by atoms with van der Waals surface area (Å²) in [5.74, 6) is -1.59. The Balaban J connectivity index is 4.17. The number of ether oxygens (including phenoxy) is 1. The first-order chi connectivity index (χ1) is 6.84. The number of amides is 1. The van der Waals surface area contributed by atoms with Crippen LogP contribution in [-0.2, 0) is 14.3 Å². The number of carbonyl (C=O) groups excluding carboxylic acids is 1. The lowest BCUT2D eigenvalue weighted by Gasteiger charge is -2.17. The van der Waals surface area contributed by atoms with E-state index in [9.17, 15) is 9.59 Å². The first-order valence-corrected chi connectivity index (χ1v) is 4.75. The molecule has 0 saturated heterocycles. The first kappa shape index (κ1) is 13.9. The molecule has 15 heavy (non-hydrogen) atoms. The molecule has 0 aromatic rings. The second-order valence-electron chi connectivity index (χ2n) is 3.74. The van der Waals surface area contributed by atoms with E-state index in [-0.39, 0.29) is 12.5 Å². The summed E-state index contributed by atoms with van der Waals surface area (Å²) in [6.45, 7) is 5.49. The molecule has 88 valence electrons. The van der Waals surface area contributed by atoms with E-state index in [0.29, 0.717) is 0 Å². The van der Waals surface area contributed by atoms with Crippen molar-refractivity contribution in [2.24, 2.45) is 11.7 Å². The average Bonchev–Trinajstić information content (AvgIpc) is 2.10. The molecule has 0 aliphatic carbocycles. The van der Waals surface area contributed by atoms with E-state index in [0.717, 1.165) is 0 Å². The summed E-state index contributed by atoms with van der Waals surface area (Å²) in [6.07, 6.45) is -1.33. The number of nitrogens with one attached hydrogen (secondary N) is 1. The summed E-state index contributed by atoms with van der Waals surface area (Å²) >= 11 is 0. The van der Waals surface area contributed by atoms with Gasteiger partial charge in [-0.25, -0.2) is 4.79 Å². The van der Waals surface area contributed by atoms with Crippen LogP contribution in [0.15, 0.2) is 0 Å². The van der Waals surface area contributed by atoms with Crippen LogP contribution in [0, 0.1) is 5.92 Å². The lowest BCUT2D eigenvalue weighted by Crippen LogP contribution is -2.48. The van der Waals surface area contributed by atoms with Crippen molar-refractivity contribution in [3.8, 4) is 0 Å². The number of carbonyl (C=O) groups is 2. The molecule has 6 nitrogen and oxygen atoms in total. The van der Waals surface area contributed by atoms with E-state index in [1.54, 1.807) is 0 Å². The van der Waals surface area contributed by atoms with E-state index >= 15 is 0 Å². The normalized spacial score (nSPS) is 14.7. The molecule has 0 fully saturated rings. The molecule has 0 aliphatic heterocycles. The summed E-state index contributed by atoms with van der Waals surface area (Å²) < 4.78 is 5.00. The number of carboxylic acid groups (broad SMARTS) is 1. The Bertz CT molecular complexity index is 228. The van der Waals surface area contributed by atoms with Crippen molar-refractivity contribution in [2.45, 2.75) is 33.0 Å². The zero-order chi connectivity index (χ0) is 12.0. The third kappa shape index (κ3) is 6.03.